The Hall–Kier alpha value is -3.48. The number of carbonyl (C=O) groups is 1. The summed E-state index contributed by atoms with van der Waals surface area (Å²) < 4.78 is 10.5. The summed E-state index contributed by atoms with van der Waals surface area (Å²) in [5, 5.41) is 3.18. The van der Waals surface area contributed by atoms with E-state index in [4.69, 9.17) is 9.15 Å². The van der Waals surface area contributed by atoms with Crippen molar-refractivity contribution in [1.29, 1.82) is 0 Å². The number of hydrogen-bond donors (Lipinski definition) is 1. The van der Waals surface area contributed by atoms with E-state index in [1.54, 1.807) is 19.6 Å². The first kappa shape index (κ1) is 18.9. The van der Waals surface area contributed by atoms with Crippen LogP contribution < -0.4 is 15.0 Å². The van der Waals surface area contributed by atoms with Gasteiger partial charge < -0.3 is 24.3 Å². The number of anilines is 2. The second-order valence-electron chi connectivity index (χ2n) is 6.84. The van der Waals surface area contributed by atoms with Crippen LogP contribution in [-0.4, -0.2) is 49.1 Å². The summed E-state index contributed by atoms with van der Waals surface area (Å²) in [6.45, 7) is 3.52. The van der Waals surface area contributed by atoms with Crippen molar-refractivity contribution in [3.63, 3.8) is 0 Å². The van der Waals surface area contributed by atoms with E-state index < -0.39 is 0 Å². The van der Waals surface area contributed by atoms with Gasteiger partial charge in [0.25, 0.3) is 5.91 Å². The fourth-order valence-corrected chi connectivity index (χ4v) is 3.36. The second-order valence-corrected chi connectivity index (χ2v) is 6.84. The van der Waals surface area contributed by atoms with E-state index in [2.05, 4.69) is 27.3 Å². The Kier molecular flexibility index (Phi) is 5.65. The number of ether oxygens (including phenoxy) is 1. The summed E-state index contributed by atoms with van der Waals surface area (Å²) in [6, 6.07) is 15.4. The minimum absolute atomic E-state index is 0.0180. The van der Waals surface area contributed by atoms with Crippen molar-refractivity contribution in [1.82, 2.24) is 9.88 Å². The lowest BCUT2D eigenvalue weighted by atomic mass is 10.2. The molecule has 7 nitrogen and oxygen atoms in total. The third kappa shape index (κ3) is 4.51. The van der Waals surface area contributed by atoms with Gasteiger partial charge in [-0.2, -0.15) is 0 Å². The highest BCUT2D eigenvalue weighted by atomic mass is 16.5. The van der Waals surface area contributed by atoms with Gasteiger partial charge in [-0.05, 0) is 48.5 Å². The number of amides is 1. The van der Waals surface area contributed by atoms with E-state index in [0.29, 0.717) is 31.0 Å². The molecular formula is C22H24N4O3. The molecule has 0 atom stereocenters. The predicted octanol–water partition coefficient (Wildman–Crippen LogP) is 3.26. The van der Waals surface area contributed by atoms with Crippen LogP contribution in [0, 0.1) is 0 Å². The quantitative estimate of drug-likeness (QED) is 0.694. The molecule has 0 radical (unpaired) electrons. The standard InChI is InChI=1S/C22H24N4O3/c1-28-19-7-5-18(6-8-19)25-10-12-26(13-11-25)22(27)17-4-9-21(23-15-17)24-16-20-3-2-14-29-20/h2-9,14-15H,10-13,16H2,1H3,(H,23,24). The minimum Gasteiger partial charge on any atom is -0.497 e. The zero-order valence-electron chi connectivity index (χ0n) is 16.4. The van der Waals surface area contributed by atoms with Gasteiger partial charge in [0.2, 0.25) is 0 Å². The van der Waals surface area contributed by atoms with Gasteiger partial charge >= 0.3 is 0 Å². The van der Waals surface area contributed by atoms with Crippen molar-refractivity contribution in [3.8, 4) is 5.75 Å². The normalized spacial score (nSPS) is 14.0. The molecule has 1 saturated heterocycles. The third-order valence-corrected chi connectivity index (χ3v) is 5.04. The number of piperazine rings is 1. The molecular weight excluding hydrogens is 368 g/mol. The highest BCUT2D eigenvalue weighted by molar-refractivity contribution is 5.94. The molecule has 1 N–H and O–H groups in total. The first-order valence-corrected chi connectivity index (χ1v) is 9.63. The highest BCUT2D eigenvalue weighted by Gasteiger charge is 2.22. The van der Waals surface area contributed by atoms with E-state index in [9.17, 15) is 4.79 Å². The molecule has 1 amide bonds. The van der Waals surface area contributed by atoms with Crippen LogP contribution in [0.1, 0.15) is 16.1 Å². The fourth-order valence-electron chi connectivity index (χ4n) is 3.36. The van der Waals surface area contributed by atoms with E-state index in [1.165, 1.54) is 0 Å². The van der Waals surface area contributed by atoms with Crippen molar-refractivity contribution < 1.29 is 13.9 Å². The van der Waals surface area contributed by atoms with Crippen molar-refractivity contribution in [2.24, 2.45) is 0 Å². The van der Waals surface area contributed by atoms with Gasteiger partial charge in [0, 0.05) is 38.1 Å². The lowest BCUT2D eigenvalue weighted by Crippen LogP contribution is -2.48. The van der Waals surface area contributed by atoms with E-state index in [1.807, 2.05) is 41.3 Å². The number of carbonyl (C=O) groups excluding carboxylic acids is 1. The van der Waals surface area contributed by atoms with Crippen molar-refractivity contribution in [2.75, 3.05) is 43.5 Å². The molecule has 4 rings (SSSR count). The van der Waals surface area contributed by atoms with Crippen molar-refractivity contribution in [2.45, 2.75) is 6.54 Å². The van der Waals surface area contributed by atoms with Crippen molar-refractivity contribution in [3.05, 3.63) is 72.3 Å². The van der Waals surface area contributed by atoms with Crippen LogP contribution >= 0.6 is 0 Å². The van der Waals surface area contributed by atoms with E-state index >= 15 is 0 Å². The number of nitrogens with one attached hydrogen (secondary N) is 1. The van der Waals surface area contributed by atoms with E-state index in [-0.39, 0.29) is 5.91 Å². The summed E-state index contributed by atoms with van der Waals surface area (Å²) in [5.41, 5.74) is 1.75. The Morgan fingerprint density at radius 2 is 1.90 bits per heavy atom. The Morgan fingerprint density at radius 1 is 1.10 bits per heavy atom. The van der Waals surface area contributed by atoms with Crippen LogP contribution in [0.25, 0.3) is 0 Å². The maximum atomic E-state index is 12.8. The lowest BCUT2D eigenvalue weighted by Gasteiger charge is -2.36. The molecule has 29 heavy (non-hydrogen) atoms. The number of aromatic nitrogens is 1. The molecule has 150 valence electrons. The molecule has 3 aromatic rings. The fraction of sp³-hybridized carbons (Fsp3) is 0.273. The van der Waals surface area contributed by atoms with Crippen LogP contribution in [0.15, 0.2) is 65.4 Å². The van der Waals surface area contributed by atoms with Gasteiger partial charge in [-0.25, -0.2) is 4.98 Å². The largest absolute Gasteiger partial charge is 0.497 e. The molecule has 0 spiro atoms. The predicted molar refractivity (Wildman–Crippen MR) is 111 cm³/mol. The molecule has 0 saturated carbocycles. The monoisotopic (exact) mass is 392 g/mol. The summed E-state index contributed by atoms with van der Waals surface area (Å²) in [7, 11) is 1.66. The zero-order valence-corrected chi connectivity index (χ0v) is 16.4. The Balaban J connectivity index is 1.30. The van der Waals surface area contributed by atoms with Gasteiger partial charge in [-0.1, -0.05) is 0 Å². The Morgan fingerprint density at radius 3 is 2.52 bits per heavy atom. The first-order valence-electron chi connectivity index (χ1n) is 9.63. The second kappa shape index (κ2) is 8.68. The summed E-state index contributed by atoms with van der Waals surface area (Å²) in [5.74, 6) is 2.41. The molecule has 3 heterocycles. The number of hydrogen-bond acceptors (Lipinski definition) is 6. The molecule has 7 heteroatoms. The average Bonchev–Trinajstić information content (AvgIpc) is 3.31. The van der Waals surface area contributed by atoms with Crippen LogP contribution in [0.2, 0.25) is 0 Å². The lowest BCUT2D eigenvalue weighted by molar-refractivity contribution is 0.0746. The number of benzene rings is 1. The van der Waals surface area contributed by atoms with Gasteiger partial charge in [0.15, 0.2) is 0 Å². The number of furan rings is 1. The maximum Gasteiger partial charge on any atom is 0.255 e. The molecule has 1 aliphatic heterocycles. The SMILES string of the molecule is COc1ccc(N2CCN(C(=O)c3ccc(NCc4ccco4)nc3)CC2)cc1. The number of rotatable bonds is 6. The third-order valence-electron chi connectivity index (χ3n) is 5.04. The number of methoxy groups -OCH3 is 1. The average molecular weight is 392 g/mol. The summed E-state index contributed by atoms with van der Waals surface area (Å²) in [6.07, 6.45) is 3.27. The Labute approximate surface area is 169 Å². The van der Waals surface area contributed by atoms with Crippen LogP contribution in [0.5, 0.6) is 5.75 Å². The number of nitrogens with zero attached hydrogens (tertiary/aromatic N) is 3. The van der Waals surface area contributed by atoms with Crippen LogP contribution in [-0.2, 0) is 6.54 Å². The van der Waals surface area contributed by atoms with E-state index in [0.717, 1.165) is 30.3 Å². The maximum absolute atomic E-state index is 12.8. The van der Waals surface area contributed by atoms with Crippen LogP contribution in [0.4, 0.5) is 11.5 Å². The Bertz CT molecular complexity index is 916. The highest BCUT2D eigenvalue weighted by Crippen LogP contribution is 2.21. The number of pyridine rings is 1. The summed E-state index contributed by atoms with van der Waals surface area (Å²) >= 11 is 0. The molecule has 1 fully saturated rings. The van der Waals surface area contributed by atoms with Gasteiger partial charge in [-0.15, -0.1) is 0 Å². The molecule has 0 aliphatic carbocycles. The van der Waals surface area contributed by atoms with Crippen LogP contribution in [0.3, 0.4) is 0 Å². The smallest absolute Gasteiger partial charge is 0.255 e. The zero-order chi connectivity index (χ0) is 20.1. The molecule has 2 aromatic heterocycles. The first-order chi connectivity index (χ1) is 14.2. The topological polar surface area (TPSA) is 70.8 Å². The molecule has 0 bridgehead atoms. The summed E-state index contributed by atoms with van der Waals surface area (Å²) in [4.78, 5) is 21.3. The van der Waals surface area contributed by atoms with Gasteiger partial charge in [0.1, 0.15) is 17.3 Å². The molecule has 1 aromatic carbocycles. The minimum atomic E-state index is 0.0180. The molecule has 0 unspecified atom stereocenters. The molecule has 1 aliphatic rings. The van der Waals surface area contributed by atoms with Gasteiger partial charge in [0.05, 0.1) is 25.5 Å². The van der Waals surface area contributed by atoms with Crippen molar-refractivity contribution >= 4 is 17.4 Å². The van der Waals surface area contributed by atoms with Gasteiger partial charge in [-0.3, -0.25) is 4.79 Å².